The zero-order valence-corrected chi connectivity index (χ0v) is 12.7. The van der Waals surface area contributed by atoms with Gasteiger partial charge in [0, 0.05) is 19.0 Å². The third-order valence-electron chi connectivity index (χ3n) is 4.82. The topological polar surface area (TPSA) is 75.4 Å². The van der Waals surface area contributed by atoms with Crippen molar-refractivity contribution in [2.24, 2.45) is 17.6 Å². The molecule has 0 bridgehead atoms. The van der Waals surface area contributed by atoms with Crippen molar-refractivity contribution in [3.63, 3.8) is 0 Å². The molecule has 0 aromatic carbocycles. The minimum absolute atomic E-state index is 0.0496. The SMILES string of the molecule is CC1(C)C(=O)NCCN1C(=O)C1CCCC(CCN)C1. The number of amides is 2. The number of carbonyl (C=O) groups is 2. The van der Waals surface area contributed by atoms with Crippen LogP contribution in [0.4, 0.5) is 0 Å². The number of nitrogens with zero attached hydrogens (tertiary/aromatic N) is 1. The van der Waals surface area contributed by atoms with Crippen LogP contribution in [0, 0.1) is 11.8 Å². The average Bonchev–Trinajstić information content (AvgIpc) is 2.42. The number of nitrogens with one attached hydrogen (secondary N) is 1. The molecule has 5 heteroatoms. The van der Waals surface area contributed by atoms with Crippen molar-refractivity contribution in [2.75, 3.05) is 19.6 Å². The predicted octanol–water partition coefficient (Wildman–Crippen LogP) is 0.879. The summed E-state index contributed by atoms with van der Waals surface area (Å²) in [5.74, 6) is 0.757. The van der Waals surface area contributed by atoms with Crippen LogP contribution in [0.5, 0.6) is 0 Å². The largest absolute Gasteiger partial charge is 0.352 e. The van der Waals surface area contributed by atoms with Crippen molar-refractivity contribution in [3.8, 4) is 0 Å². The number of nitrogens with two attached hydrogens (primary N) is 1. The quantitative estimate of drug-likeness (QED) is 0.806. The zero-order chi connectivity index (χ0) is 14.8. The van der Waals surface area contributed by atoms with Crippen molar-refractivity contribution in [1.82, 2.24) is 10.2 Å². The maximum atomic E-state index is 12.8. The maximum Gasteiger partial charge on any atom is 0.245 e. The Hall–Kier alpha value is -1.10. The molecule has 0 aromatic rings. The third kappa shape index (κ3) is 2.97. The lowest BCUT2D eigenvalue weighted by Crippen LogP contribution is -2.64. The molecule has 2 aliphatic rings. The molecule has 3 N–H and O–H groups in total. The van der Waals surface area contributed by atoms with E-state index in [1.807, 2.05) is 13.8 Å². The normalized spacial score (nSPS) is 29.9. The van der Waals surface area contributed by atoms with Crippen molar-refractivity contribution >= 4 is 11.8 Å². The lowest BCUT2D eigenvalue weighted by Gasteiger charge is -2.43. The molecule has 2 unspecified atom stereocenters. The highest BCUT2D eigenvalue weighted by molar-refractivity contribution is 5.92. The van der Waals surface area contributed by atoms with E-state index in [2.05, 4.69) is 5.32 Å². The summed E-state index contributed by atoms with van der Waals surface area (Å²) in [6, 6.07) is 0. The zero-order valence-electron chi connectivity index (χ0n) is 12.7. The smallest absolute Gasteiger partial charge is 0.245 e. The highest BCUT2D eigenvalue weighted by Gasteiger charge is 2.43. The van der Waals surface area contributed by atoms with Gasteiger partial charge in [-0.2, -0.15) is 0 Å². The first-order valence-electron chi connectivity index (χ1n) is 7.76. The molecule has 2 amide bonds. The molecule has 0 aromatic heterocycles. The summed E-state index contributed by atoms with van der Waals surface area (Å²) < 4.78 is 0. The van der Waals surface area contributed by atoms with E-state index in [9.17, 15) is 9.59 Å². The maximum absolute atomic E-state index is 12.8. The van der Waals surface area contributed by atoms with Crippen LogP contribution in [0.25, 0.3) is 0 Å². The standard InChI is InChI=1S/C15H27N3O2/c1-15(2)14(20)17-8-9-18(15)13(19)12-5-3-4-11(10-12)6-7-16/h11-12H,3-10,16H2,1-2H3,(H,17,20). The highest BCUT2D eigenvalue weighted by atomic mass is 16.2. The minimum Gasteiger partial charge on any atom is -0.352 e. The van der Waals surface area contributed by atoms with Gasteiger partial charge in [0.25, 0.3) is 0 Å². The van der Waals surface area contributed by atoms with Gasteiger partial charge < -0.3 is 16.0 Å². The number of rotatable bonds is 3. The van der Waals surface area contributed by atoms with Gasteiger partial charge in [0.1, 0.15) is 5.54 Å². The number of hydrogen-bond donors (Lipinski definition) is 2. The number of hydrogen-bond acceptors (Lipinski definition) is 3. The molecular formula is C15H27N3O2. The van der Waals surface area contributed by atoms with Gasteiger partial charge >= 0.3 is 0 Å². The van der Waals surface area contributed by atoms with Crippen LogP contribution in [-0.2, 0) is 9.59 Å². The van der Waals surface area contributed by atoms with Crippen LogP contribution in [-0.4, -0.2) is 41.9 Å². The Morgan fingerprint density at radius 2 is 2.20 bits per heavy atom. The molecular weight excluding hydrogens is 254 g/mol. The molecule has 2 atom stereocenters. The Morgan fingerprint density at radius 1 is 1.45 bits per heavy atom. The van der Waals surface area contributed by atoms with Crippen molar-refractivity contribution in [2.45, 2.75) is 51.5 Å². The third-order valence-corrected chi connectivity index (χ3v) is 4.82. The second-order valence-electron chi connectivity index (χ2n) is 6.61. The molecule has 114 valence electrons. The lowest BCUT2D eigenvalue weighted by molar-refractivity contribution is -0.153. The molecule has 0 radical (unpaired) electrons. The lowest BCUT2D eigenvalue weighted by atomic mass is 9.78. The monoisotopic (exact) mass is 281 g/mol. The Labute approximate surface area is 121 Å². The molecule has 20 heavy (non-hydrogen) atoms. The van der Waals surface area contributed by atoms with Gasteiger partial charge in [-0.1, -0.05) is 12.8 Å². The van der Waals surface area contributed by atoms with Crippen LogP contribution >= 0.6 is 0 Å². The summed E-state index contributed by atoms with van der Waals surface area (Å²) in [6.45, 7) is 5.55. The number of carbonyl (C=O) groups excluding carboxylic acids is 2. The van der Waals surface area contributed by atoms with Gasteiger partial charge in [-0.15, -0.1) is 0 Å². The van der Waals surface area contributed by atoms with Crippen molar-refractivity contribution in [1.29, 1.82) is 0 Å². The van der Waals surface area contributed by atoms with E-state index in [0.717, 1.165) is 25.7 Å². The Morgan fingerprint density at radius 3 is 2.90 bits per heavy atom. The van der Waals surface area contributed by atoms with E-state index in [1.165, 1.54) is 6.42 Å². The fourth-order valence-electron chi connectivity index (χ4n) is 3.52. The van der Waals surface area contributed by atoms with E-state index in [-0.39, 0.29) is 17.7 Å². The molecule has 0 spiro atoms. The van der Waals surface area contributed by atoms with Gasteiger partial charge in [-0.05, 0) is 45.6 Å². The summed E-state index contributed by atoms with van der Waals surface area (Å²) in [5.41, 5.74) is 4.91. The van der Waals surface area contributed by atoms with E-state index in [4.69, 9.17) is 5.73 Å². The first kappa shape index (κ1) is 15.3. The summed E-state index contributed by atoms with van der Waals surface area (Å²) in [4.78, 5) is 26.5. The summed E-state index contributed by atoms with van der Waals surface area (Å²) in [5, 5.41) is 2.84. The van der Waals surface area contributed by atoms with E-state index >= 15 is 0 Å². The molecule has 2 fully saturated rings. The Kier molecular flexibility index (Phi) is 4.68. The van der Waals surface area contributed by atoms with Crippen LogP contribution in [0.15, 0.2) is 0 Å². The van der Waals surface area contributed by atoms with Crippen molar-refractivity contribution < 1.29 is 9.59 Å². The second kappa shape index (κ2) is 6.12. The second-order valence-corrected chi connectivity index (χ2v) is 6.61. The summed E-state index contributed by atoms with van der Waals surface area (Å²) >= 11 is 0. The Balaban J connectivity index is 2.04. The molecule has 1 saturated heterocycles. The van der Waals surface area contributed by atoms with E-state index < -0.39 is 5.54 Å². The van der Waals surface area contributed by atoms with Gasteiger partial charge in [0.15, 0.2) is 0 Å². The number of piperazine rings is 1. The van der Waals surface area contributed by atoms with Gasteiger partial charge in [-0.3, -0.25) is 9.59 Å². The molecule has 5 nitrogen and oxygen atoms in total. The Bertz CT molecular complexity index is 379. The first-order valence-corrected chi connectivity index (χ1v) is 7.76. The van der Waals surface area contributed by atoms with Gasteiger partial charge in [-0.25, -0.2) is 0 Å². The average molecular weight is 281 g/mol. The molecule has 1 aliphatic carbocycles. The highest BCUT2D eigenvalue weighted by Crippen LogP contribution is 2.33. The minimum atomic E-state index is -0.726. The van der Waals surface area contributed by atoms with Gasteiger partial charge in [0.05, 0.1) is 0 Å². The fraction of sp³-hybridized carbons (Fsp3) is 0.867. The van der Waals surface area contributed by atoms with E-state index in [0.29, 0.717) is 25.6 Å². The molecule has 2 rings (SSSR count). The van der Waals surface area contributed by atoms with E-state index in [1.54, 1.807) is 4.90 Å². The first-order chi connectivity index (χ1) is 9.46. The van der Waals surface area contributed by atoms with Gasteiger partial charge in [0.2, 0.25) is 11.8 Å². The van der Waals surface area contributed by atoms with Crippen LogP contribution in [0.1, 0.15) is 46.0 Å². The van der Waals surface area contributed by atoms with Crippen LogP contribution in [0.2, 0.25) is 0 Å². The van der Waals surface area contributed by atoms with Crippen LogP contribution in [0.3, 0.4) is 0 Å². The molecule has 1 heterocycles. The molecule has 1 saturated carbocycles. The molecule has 1 aliphatic heterocycles. The van der Waals surface area contributed by atoms with Crippen molar-refractivity contribution in [3.05, 3.63) is 0 Å². The van der Waals surface area contributed by atoms with Crippen LogP contribution < -0.4 is 11.1 Å². The summed E-state index contributed by atoms with van der Waals surface area (Å²) in [7, 11) is 0. The fourth-order valence-corrected chi connectivity index (χ4v) is 3.52. The summed E-state index contributed by atoms with van der Waals surface area (Å²) in [6.07, 6.45) is 5.18. The predicted molar refractivity (Wildman–Crippen MR) is 77.9 cm³/mol.